The molecule has 5 heterocycles. The molecular weight excluding hydrogens is 343 g/mol. The highest BCUT2D eigenvalue weighted by Gasteiger charge is 2.52. The number of fused-ring (bicyclic) bond motifs is 4. The summed E-state index contributed by atoms with van der Waals surface area (Å²) in [6.07, 6.45) is 2.27. The second kappa shape index (κ2) is 5.67. The summed E-state index contributed by atoms with van der Waals surface area (Å²) in [5, 5.41) is 0.485. The smallest absolute Gasteiger partial charge is 0.167 e. The number of aromatic nitrogens is 2. The third-order valence-corrected chi connectivity index (χ3v) is 6.82. The van der Waals surface area contributed by atoms with Crippen LogP contribution in [0.1, 0.15) is 18.5 Å². The number of carbonyl (C=O) groups is 1. The fourth-order valence-electron chi connectivity index (χ4n) is 4.09. The Balaban J connectivity index is 0.000000132. The molecule has 0 aliphatic carbocycles. The molecule has 1 aromatic heterocycles. The van der Waals surface area contributed by atoms with Gasteiger partial charge in [-0.05, 0) is 31.8 Å². The van der Waals surface area contributed by atoms with E-state index in [0.29, 0.717) is 22.8 Å². The van der Waals surface area contributed by atoms with Gasteiger partial charge in [-0.3, -0.25) is 9.69 Å². The zero-order valence-electron chi connectivity index (χ0n) is 12.2. The number of alkyl halides is 1. The van der Waals surface area contributed by atoms with E-state index in [-0.39, 0.29) is 4.87 Å². The second-order valence-corrected chi connectivity index (χ2v) is 8.23. The lowest BCUT2D eigenvalue weighted by molar-refractivity contribution is -0.120. The summed E-state index contributed by atoms with van der Waals surface area (Å²) < 4.78 is 8.21. The number of nitrogens with zero attached hydrogens (tertiary/aromatic N) is 4. The Hall–Kier alpha value is -0.270. The first kappa shape index (κ1) is 15.3. The quantitative estimate of drug-likeness (QED) is 0.715. The first-order valence-electron chi connectivity index (χ1n) is 7.71. The Labute approximate surface area is 143 Å². The molecule has 4 aliphatic heterocycles. The van der Waals surface area contributed by atoms with Crippen LogP contribution in [-0.2, 0) is 9.67 Å². The largest absolute Gasteiger partial charge is 0.301 e. The number of carbonyl (C=O) groups excluding carboxylic acids is 1. The van der Waals surface area contributed by atoms with Gasteiger partial charge < -0.3 is 4.90 Å². The highest BCUT2D eigenvalue weighted by Crippen LogP contribution is 2.49. The highest BCUT2D eigenvalue weighted by atomic mass is 35.5. The SMILES string of the molecule is Clc1nsnc1C1(Cl)CN2CCC1C2.O=C1CN2CCC1C2. The molecule has 8 heteroatoms. The van der Waals surface area contributed by atoms with Crippen molar-refractivity contribution in [1.29, 1.82) is 0 Å². The van der Waals surface area contributed by atoms with Crippen molar-refractivity contribution in [3.05, 3.63) is 10.8 Å². The summed E-state index contributed by atoms with van der Waals surface area (Å²) in [4.78, 5) is 15.0. The average Bonchev–Trinajstić information content (AvgIpc) is 3.24. The van der Waals surface area contributed by atoms with E-state index in [1.165, 1.54) is 0 Å². The molecule has 5 atom stereocenters. The molecule has 4 bridgehead atoms. The molecule has 4 fully saturated rings. The van der Waals surface area contributed by atoms with Gasteiger partial charge in [0.25, 0.3) is 0 Å². The van der Waals surface area contributed by atoms with E-state index in [2.05, 4.69) is 18.5 Å². The van der Waals surface area contributed by atoms with Gasteiger partial charge in [-0.15, -0.1) is 11.6 Å². The number of Topliss-reactive ketones (excluding diaryl/α,β-unsaturated/α-hetero) is 1. The lowest BCUT2D eigenvalue weighted by atomic mass is 9.89. The van der Waals surface area contributed by atoms with Crippen molar-refractivity contribution >= 4 is 40.7 Å². The van der Waals surface area contributed by atoms with Crippen LogP contribution in [0.3, 0.4) is 0 Å². The third-order valence-electron chi connectivity index (χ3n) is 5.32. The Morgan fingerprint density at radius 1 is 1.18 bits per heavy atom. The maximum Gasteiger partial charge on any atom is 0.167 e. The average molecular weight is 361 g/mol. The van der Waals surface area contributed by atoms with E-state index in [9.17, 15) is 4.79 Å². The molecule has 5 nitrogen and oxygen atoms in total. The van der Waals surface area contributed by atoms with Gasteiger partial charge in [-0.2, -0.15) is 8.75 Å². The molecule has 5 rings (SSSR count). The number of hydrogen-bond acceptors (Lipinski definition) is 6. The van der Waals surface area contributed by atoms with Crippen LogP contribution in [0.5, 0.6) is 0 Å². The molecule has 1 aromatic rings. The van der Waals surface area contributed by atoms with Gasteiger partial charge in [0.1, 0.15) is 10.6 Å². The van der Waals surface area contributed by atoms with Crippen LogP contribution in [0.4, 0.5) is 0 Å². The molecule has 0 radical (unpaired) electrons. The zero-order valence-corrected chi connectivity index (χ0v) is 14.5. The molecule has 0 aromatic carbocycles. The van der Waals surface area contributed by atoms with Crippen LogP contribution in [0.2, 0.25) is 5.15 Å². The van der Waals surface area contributed by atoms with Gasteiger partial charge in [0.15, 0.2) is 10.9 Å². The topological polar surface area (TPSA) is 49.3 Å². The van der Waals surface area contributed by atoms with Crippen molar-refractivity contribution in [3.63, 3.8) is 0 Å². The van der Waals surface area contributed by atoms with Crippen molar-refractivity contribution < 1.29 is 4.79 Å². The predicted molar refractivity (Wildman–Crippen MR) is 86.6 cm³/mol. The minimum Gasteiger partial charge on any atom is -0.301 e. The Kier molecular flexibility index (Phi) is 3.93. The maximum atomic E-state index is 10.8. The van der Waals surface area contributed by atoms with Crippen molar-refractivity contribution in [1.82, 2.24) is 18.5 Å². The number of halogens is 2. The van der Waals surface area contributed by atoms with Crippen LogP contribution < -0.4 is 0 Å². The van der Waals surface area contributed by atoms with Crippen LogP contribution in [0.25, 0.3) is 0 Å². The van der Waals surface area contributed by atoms with E-state index in [1.807, 2.05) is 0 Å². The fourth-order valence-corrected chi connectivity index (χ4v) is 5.55. The molecule has 22 heavy (non-hydrogen) atoms. The van der Waals surface area contributed by atoms with Crippen molar-refractivity contribution in [3.8, 4) is 0 Å². The van der Waals surface area contributed by atoms with E-state index < -0.39 is 0 Å². The summed E-state index contributed by atoms with van der Waals surface area (Å²) in [6.45, 7) is 6.07. The molecule has 0 N–H and O–H groups in total. The van der Waals surface area contributed by atoms with E-state index in [0.717, 1.165) is 69.5 Å². The monoisotopic (exact) mass is 360 g/mol. The Morgan fingerprint density at radius 2 is 2.00 bits per heavy atom. The van der Waals surface area contributed by atoms with Crippen LogP contribution in [0, 0.1) is 11.8 Å². The van der Waals surface area contributed by atoms with Gasteiger partial charge in [0.05, 0.1) is 18.3 Å². The summed E-state index contributed by atoms with van der Waals surface area (Å²) in [5.74, 6) is 1.39. The van der Waals surface area contributed by atoms with Gasteiger partial charge in [-0.25, -0.2) is 0 Å². The van der Waals surface area contributed by atoms with E-state index in [1.54, 1.807) is 0 Å². The first-order chi connectivity index (χ1) is 10.6. The van der Waals surface area contributed by atoms with Crippen molar-refractivity contribution in [2.45, 2.75) is 17.7 Å². The normalized spacial score (nSPS) is 41.8. The number of hydrogen-bond donors (Lipinski definition) is 0. The first-order valence-corrected chi connectivity index (χ1v) is 9.20. The summed E-state index contributed by atoms with van der Waals surface area (Å²) in [7, 11) is 0. The van der Waals surface area contributed by atoms with Crippen LogP contribution >= 0.6 is 34.9 Å². The van der Waals surface area contributed by atoms with Crippen molar-refractivity contribution in [2.24, 2.45) is 11.8 Å². The standard InChI is InChI=1S/C8H9Cl2N3S.C6H9NO/c9-7-6(11-14-12-7)8(10)4-13-2-1-5(8)3-13;8-6-4-7-2-1-5(6)3-7/h5H,1-4H2;5H,1-4H2. The molecular formula is C14H18Cl2N4OS. The molecule has 0 amide bonds. The third kappa shape index (κ3) is 2.49. The zero-order chi connectivity index (χ0) is 15.3. The summed E-state index contributed by atoms with van der Waals surface area (Å²) in [5.41, 5.74) is 0.790. The lowest BCUT2D eigenvalue weighted by Crippen LogP contribution is -2.35. The maximum absolute atomic E-state index is 10.8. The summed E-state index contributed by atoms with van der Waals surface area (Å²) in [6, 6.07) is 0. The molecule has 4 saturated heterocycles. The van der Waals surface area contributed by atoms with E-state index in [4.69, 9.17) is 23.2 Å². The number of ketones is 1. The van der Waals surface area contributed by atoms with Crippen LogP contribution in [-0.4, -0.2) is 63.6 Å². The van der Waals surface area contributed by atoms with Gasteiger partial charge in [0, 0.05) is 25.6 Å². The fraction of sp³-hybridized carbons (Fsp3) is 0.786. The second-order valence-electron chi connectivity index (χ2n) is 6.67. The van der Waals surface area contributed by atoms with Crippen LogP contribution in [0.15, 0.2) is 0 Å². The summed E-state index contributed by atoms with van der Waals surface area (Å²) >= 11 is 13.7. The van der Waals surface area contributed by atoms with Gasteiger partial charge >= 0.3 is 0 Å². The predicted octanol–water partition coefficient (Wildman–Crippen LogP) is 1.85. The number of rotatable bonds is 1. The molecule has 120 valence electrons. The molecule has 0 spiro atoms. The minimum absolute atomic E-state index is 0.373. The van der Waals surface area contributed by atoms with Gasteiger partial charge in [0.2, 0.25) is 0 Å². The molecule has 5 unspecified atom stereocenters. The van der Waals surface area contributed by atoms with E-state index >= 15 is 0 Å². The minimum atomic E-state index is -0.373. The Bertz CT molecular complexity index is 597. The highest BCUT2D eigenvalue weighted by molar-refractivity contribution is 6.99. The molecule has 0 saturated carbocycles. The molecule has 4 aliphatic rings. The lowest BCUT2D eigenvalue weighted by Gasteiger charge is -2.29. The van der Waals surface area contributed by atoms with Crippen molar-refractivity contribution in [2.75, 3.05) is 39.3 Å². The number of piperidine rings is 2. The Morgan fingerprint density at radius 3 is 2.41 bits per heavy atom. The van der Waals surface area contributed by atoms with Gasteiger partial charge in [-0.1, -0.05) is 11.6 Å².